The maximum absolute atomic E-state index is 6.37. The van der Waals surface area contributed by atoms with Crippen LogP contribution in [0.5, 0.6) is 5.88 Å². The molecule has 1 saturated carbocycles. The molecule has 2 aromatic heterocycles. The summed E-state index contributed by atoms with van der Waals surface area (Å²) in [5.74, 6) is 2.65. The van der Waals surface area contributed by atoms with Crippen molar-refractivity contribution in [2.75, 3.05) is 7.11 Å². The number of halogens is 1. The van der Waals surface area contributed by atoms with E-state index in [1.165, 1.54) is 12.7 Å². The molecule has 0 spiro atoms. The Kier molecular flexibility index (Phi) is 3.78. The average Bonchev–Trinajstić information content (AvgIpc) is 3.00. The van der Waals surface area contributed by atoms with E-state index in [-0.39, 0.29) is 5.38 Å². The van der Waals surface area contributed by atoms with Crippen LogP contribution in [0, 0.1) is 11.8 Å². The Morgan fingerprint density at radius 2 is 2.10 bits per heavy atom. The fourth-order valence-electron chi connectivity index (χ4n) is 3.36. The molecule has 0 radical (unpaired) electrons. The molecule has 0 amide bonds. The zero-order valence-corrected chi connectivity index (χ0v) is 13.6. The average molecular weight is 309 g/mol. The van der Waals surface area contributed by atoms with Gasteiger partial charge >= 0.3 is 0 Å². The Morgan fingerprint density at radius 1 is 1.33 bits per heavy atom. The van der Waals surface area contributed by atoms with Gasteiger partial charge in [0.1, 0.15) is 12.2 Å². The number of nitrogens with zero attached hydrogens (tertiary/aromatic N) is 4. The van der Waals surface area contributed by atoms with Crippen LogP contribution in [0.1, 0.15) is 50.9 Å². The molecule has 6 heteroatoms. The summed E-state index contributed by atoms with van der Waals surface area (Å²) in [6.45, 7) is 6.56. The van der Waals surface area contributed by atoms with Gasteiger partial charge in [0.2, 0.25) is 5.88 Å². The van der Waals surface area contributed by atoms with E-state index in [2.05, 4.69) is 33.4 Å². The van der Waals surface area contributed by atoms with Crippen molar-refractivity contribution in [2.24, 2.45) is 11.8 Å². The van der Waals surface area contributed by atoms with Crippen molar-refractivity contribution in [1.82, 2.24) is 19.5 Å². The zero-order chi connectivity index (χ0) is 15.1. The summed E-state index contributed by atoms with van der Waals surface area (Å²) >= 11 is 6.37. The number of aromatic nitrogens is 4. The van der Waals surface area contributed by atoms with Gasteiger partial charge in [-0.15, -0.1) is 11.6 Å². The van der Waals surface area contributed by atoms with Crippen molar-refractivity contribution in [2.45, 2.75) is 45.0 Å². The van der Waals surface area contributed by atoms with Crippen molar-refractivity contribution >= 4 is 22.8 Å². The number of alkyl halides is 1. The molecule has 0 aliphatic heterocycles. The van der Waals surface area contributed by atoms with Gasteiger partial charge in [-0.2, -0.15) is 4.98 Å². The minimum atomic E-state index is -0.174. The van der Waals surface area contributed by atoms with E-state index in [1.54, 1.807) is 7.11 Å². The van der Waals surface area contributed by atoms with Crippen LogP contribution in [0.4, 0.5) is 0 Å². The van der Waals surface area contributed by atoms with Crippen LogP contribution < -0.4 is 4.74 Å². The van der Waals surface area contributed by atoms with Crippen LogP contribution in [-0.4, -0.2) is 26.6 Å². The van der Waals surface area contributed by atoms with E-state index in [0.717, 1.165) is 17.9 Å². The predicted molar refractivity (Wildman–Crippen MR) is 82.7 cm³/mol. The second kappa shape index (κ2) is 5.44. The van der Waals surface area contributed by atoms with E-state index in [9.17, 15) is 0 Å². The van der Waals surface area contributed by atoms with Crippen LogP contribution in [0.15, 0.2) is 6.33 Å². The first kappa shape index (κ1) is 14.6. The van der Waals surface area contributed by atoms with Crippen LogP contribution in [0.2, 0.25) is 0 Å². The minimum absolute atomic E-state index is 0.174. The summed E-state index contributed by atoms with van der Waals surface area (Å²) in [5, 5.41) is -0.174. The van der Waals surface area contributed by atoms with Crippen LogP contribution in [0.25, 0.3) is 11.2 Å². The van der Waals surface area contributed by atoms with Crippen molar-refractivity contribution < 1.29 is 4.74 Å². The summed E-state index contributed by atoms with van der Waals surface area (Å²) in [6.07, 6.45) is 3.89. The summed E-state index contributed by atoms with van der Waals surface area (Å²) in [7, 11) is 1.60. The third-order valence-electron chi connectivity index (χ3n) is 4.77. The molecule has 4 unspecified atom stereocenters. The van der Waals surface area contributed by atoms with Gasteiger partial charge in [-0.3, -0.25) is 0 Å². The Bertz CT molecular complexity index is 654. The lowest BCUT2D eigenvalue weighted by molar-refractivity contribution is 0.350. The first-order valence-corrected chi connectivity index (χ1v) is 7.89. The van der Waals surface area contributed by atoms with E-state index >= 15 is 0 Å². The fourth-order valence-corrected chi connectivity index (χ4v) is 3.52. The molecule has 2 heterocycles. The Hall–Kier alpha value is -1.36. The number of methoxy groups -OCH3 is 1. The van der Waals surface area contributed by atoms with Gasteiger partial charge < -0.3 is 9.30 Å². The lowest BCUT2D eigenvalue weighted by Crippen LogP contribution is -2.17. The zero-order valence-electron chi connectivity index (χ0n) is 12.9. The topological polar surface area (TPSA) is 52.8 Å². The summed E-state index contributed by atoms with van der Waals surface area (Å²) < 4.78 is 7.53. The molecule has 5 nitrogen and oxygen atoms in total. The second-order valence-corrected chi connectivity index (χ2v) is 6.65. The van der Waals surface area contributed by atoms with Crippen LogP contribution >= 0.6 is 11.6 Å². The number of hydrogen-bond acceptors (Lipinski definition) is 4. The number of rotatable bonds is 3. The molecule has 4 atom stereocenters. The van der Waals surface area contributed by atoms with Crippen molar-refractivity contribution in [3.63, 3.8) is 0 Å². The van der Waals surface area contributed by atoms with Crippen molar-refractivity contribution in [3.05, 3.63) is 12.2 Å². The molecule has 1 aliphatic carbocycles. The van der Waals surface area contributed by atoms with E-state index in [1.807, 2.05) is 6.92 Å². The Labute approximate surface area is 129 Å². The number of hydrogen-bond donors (Lipinski definition) is 0. The Balaban J connectivity index is 2.22. The third kappa shape index (κ3) is 2.27. The normalized spacial score (nSPS) is 27.2. The quantitative estimate of drug-likeness (QED) is 0.810. The van der Waals surface area contributed by atoms with Gasteiger partial charge in [0, 0.05) is 6.04 Å². The highest BCUT2D eigenvalue weighted by atomic mass is 35.5. The lowest BCUT2D eigenvalue weighted by Gasteiger charge is -2.23. The smallest absolute Gasteiger partial charge is 0.245 e. The first-order valence-electron chi connectivity index (χ1n) is 7.45. The molecule has 0 bridgehead atoms. The van der Waals surface area contributed by atoms with Crippen molar-refractivity contribution in [3.8, 4) is 5.88 Å². The van der Waals surface area contributed by atoms with Gasteiger partial charge in [-0.05, 0) is 31.6 Å². The van der Waals surface area contributed by atoms with Gasteiger partial charge in [-0.1, -0.05) is 13.8 Å². The first-order chi connectivity index (χ1) is 10.0. The summed E-state index contributed by atoms with van der Waals surface area (Å²) in [6, 6.07) is 0.390. The maximum atomic E-state index is 6.37. The lowest BCUT2D eigenvalue weighted by atomic mass is 9.97. The van der Waals surface area contributed by atoms with Crippen molar-refractivity contribution in [1.29, 1.82) is 0 Å². The third-order valence-corrected chi connectivity index (χ3v) is 4.97. The maximum Gasteiger partial charge on any atom is 0.245 e. The number of imidazole rings is 1. The molecule has 21 heavy (non-hydrogen) atoms. The highest BCUT2D eigenvalue weighted by molar-refractivity contribution is 6.20. The molecule has 2 aromatic rings. The summed E-state index contributed by atoms with van der Waals surface area (Å²) in [5.41, 5.74) is 1.53. The molecule has 1 aliphatic rings. The molecule has 0 aromatic carbocycles. The minimum Gasteiger partial charge on any atom is -0.479 e. The number of ether oxygens (including phenoxy) is 1. The number of fused-ring (bicyclic) bond motifs is 1. The molecule has 114 valence electrons. The summed E-state index contributed by atoms with van der Waals surface area (Å²) in [4.78, 5) is 13.3. The van der Waals surface area contributed by atoms with Gasteiger partial charge in [0.15, 0.2) is 11.2 Å². The predicted octanol–water partition coefficient (Wildman–Crippen LogP) is 3.74. The molecule has 0 N–H and O–H groups in total. The Morgan fingerprint density at radius 3 is 2.67 bits per heavy atom. The second-order valence-electron chi connectivity index (χ2n) is 5.99. The van der Waals surface area contributed by atoms with Crippen LogP contribution in [0.3, 0.4) is 0 Å². The fraction of sp³-hybridized carbons (Fsp3) is 0.667. The highest BCUT2D eigenvalue weighted by Gasteiger charge is 2.35. The molecular weight excluding hydrogens is 288 g/mol. The molecule has 0 saturated heterocycles. The highest BCUT2D eigenvalue weighted by Crippen LogP contribution is 2.43. The van der Waals surface area contributed by atoms with Crippen LogP contribution in [-0.2, 0) is 0 Å². The van der Waals surface area contributed by atoms with Gasteiger partial charge in [0.25, 0.3) is 0 Å². The molecular formula is C15H21ClN4O. The van der Waals surface area contributed by atoms with E-state index in [0.29, 0.717) is 29.3 Å². The molecule has 1 fully saturated rings. The van der Waals surface area contributed by atoms with Gasteiger partial charge in [0.05, 0.1) is 12.5 Å². The SMILES string of the molecule is COc1ncnc2c1nc(C(C)Cl)n2C1CCC(C)C1C. The largest absolute Gasteiger partial charge is 0.479 e. The van der Waals surface area contributed by atoms with E-state index < -0.39 is 0 Å². The molecule has 3 rings (SSSR count). The van der Waals surface area contributed by atoms with E-state index in [4.69, 9.17) is 16.3 Å². The monoisotopic (exact) mass is 308 g/mol. The van der Waals surface area contributed by atoms with Gasteiger partial charge in [-0.25, -0.2) is 9.97 Å². The standard InChI is InChI=1S/C15H21ClN4O/c1-8-5-6-11(9(8)2)20-13(10(3)16)19-12-14(20)17-7-18-15(12)21-4/h7-11H,5-6H2,1-4H3.